The van der Waals surface area contributed by atoms with Crippen LogP contribution in [0.5, 0.6) is 0 Å². The van der Waals surface area contributed by atoms with Gasteiger partial charge in [-0.25, -0.2) is 0 Å². The van der Waals surface area contributed by atoms with Crippen LogP contribution in [0.1, 0.15) is 33.5 Å². The predicted molar refractivity (Wildman–Crippen MR) is 86.1 cm³/mol. The van der Waals surface area contributed by atoms with E-state index in [2.05, 4.69) is 28.7 Å². The van der Waals surface area contributed by atoms with Gasteiger partial charge in [0, 0.05) is 19.7 Å². The third-order valence-corrected chi connectivity index (χ3v) is 4.71. The molecule has 0 saturated heterocycles. The number of carbonyl (C=O) groups is 1. The zero-order valence-corrected chi connectivity index (χ0v) is 13.2. The van der Waals surface area contributed by atoms with E-state index in [0.29, 0.717) is 10.6 Å². The molecule has 3 heteroatoms. The second-order valence-electron chi connectivity index (χ2n) is 4.79. The average Bonchev–Trinajstić information content (AvgIpc) is 2.88. The van der Waals surface area contributed by atoms with E-state index >= 15 is 0 Å². The van der Waals surface area contributed by atoms with Crippen LogP contribution < -0.4 is 0 Å². The SMILES string of the molecule is O=C(c1ccc2c(c1)CCC2)c1cc(Cl)ccc1I. The molecule has 0 N–H and O–H groups in total. The molecule has 19 heavy (non-hydrogen) atoms. The molecule has 0 amide bonds. The van der Waals surface area contributed by atoms with Crippen LogP contribution in [0.4, 0.5) is 0 Å². The third-order valence-electron chi connectivity index (χ3n) is 3.53. The van der Waals surface area contributed by atoms with Crippen molar-refractivity contribution in [2.75, 3.05) is 0 Å². The fourth-order valence-corrected chi connectivity index (χ4v) is 3.29. The molecule has 0 aromatic heterocycles. The topological polar surface area (TPSA) is 17.1 Å². The van der Waals surface area contributed by atoms with Gasteiger partial charge in [-0.3, -0.25) is 4.79 Å². The Labute approximate surface area is 131 Å². The molecular weight excluding hydrogens is 371 g/mol. The number of carbonyl (C=O) groups excluding carboxylic acids is 1. The Balaban J connectivity index is 2.02. The van der Waals surface area contributed by atoms with Crippen LogP contribution >= 0.6 is 34.2 Å². The van der Waals surface area contributed by atoms with Crippen LogP contribution in [0.2, 0.25) is 5.02 Å². The van der Waals surface area contributed by atoms with E-state index in [1.54, 1.807) is 6.07 Å². The van der Waals surface area contributed by atoms with Gasteiger partial charge in [-0.15, -0.1) is 0 Å². The Morgan fingerprint density at radius 2 is 1.84 bits per heavy atom. The highest BCUT2D eigenvalue weighted by molar-refractivity contribution is 14.1. The molecule has 0 radical (unpaired) electrons. The molecule has 0 aliphatic heterocycles. The first-order valence-corrected chi connectivity index (χ1v) is 7.72. The second kappa shape index (κ2) is 5.25. The average molecular weight is 383 g/mol. The number of benzene rings is 2. The standard InChI is InChI=1S/C16H12ClIO/c17-13-6-7-15(18)14(9-13)16(19)12-5-4-10-2-1-3-11(10)8-12/h4-9H,1-3H2. The number of hydrogen-bond acceptors (Lipinski definition) is 1. The summed E-state index contributed by atoms with van der Waals surface area (Å²) in [7, 11) is 0. The van der Waals surface area contributed by atoms with Crippen LogP contribution in [0.3, 0.4) is 0 Å². The van der Waals surface area contributed by atoms with E-state index in [-0.39, 0.29) is 5.78 Å². The Kier molecular flexibility index (Phi) is 3.63. The van der Waals surface area contributed by atoms with Crippen molar-refractivity contribution in [2.45, 2.75) is 19.3 Å². The maximum absolute atomic E-state index is 12.6. The van der Waals surface area contributed by atoms with E-state index in [9.17, 15) is 4.79 Å². The molecule has 2 aromatic rings. The Bertz CT molecular complexity index is 664. The van der Waals surface area contributed by atoms with Gasteiger partial charge in [-0.05, 0) is 77.2 Å². The van der Waals surface area contributed by atoms with E-state index in [1.807, 2.05) is 24.3 Å². The molecule has 0 heterocycles. The van der Waals surface area contributed by atoms with Crippen molar-refractivity contribution in [3.63, 3.8) is 0 Å². The van der Waals surface area contributed by atoms with E-state index < -0.39 is 0 Å². The lowest BCUT2D eigenvalue weighted by Gasteiger charge is -2.07. The molecule has 0 spiro atoms. The number of aryl methyl sites for hydroxylation is 2. The predicted octanol–water partition coefficient (Wildman–Crippen LogP) is 4.66. The summed E-state index contributed by atoms with van der Waals surface area (Å²) in [6.07, 6.45) is 3.42. The molecule has 0 fully saturated rings. The smallest absolute Gasteiger partial charge is 0.194 e. The van der Waals surface area contributed by atoms with Gasteiger partial charge >= 0.3 is 0 Å². The monoisotopic (exact) mass is 382 g/mol. The molecule has 0 saturated carbocycles. The number of fused-ring (bicyclic) bond motifs is 1. The van der Waals surface area contributed by atoms with Crippen molar-refractivity contribution in [1.82, 2.24) is 0 Å². The number of rotatable bonds is 2. The van der Waals surface area contributed by atoms with E-state index in [0.717, 1.165) is 22.0 Å². The minimum Gasteiger partial charge on any atom is -0.289 e. The molecule has 1 aliphatic carbocycles. The van der Waals surface area contributed by atoms with Gasteiger partial charge < -0.3 is 0 Å². The zero-order chi connectivity index (χ0) is 13.4. The number of halogens is 2. The molecule has 1 aliphatic rings. The van der Waals surface area contributed by atoms with Crippen molar-refractivity contribution in [3.05, 3.63) is 67.2 Å². The summed E-state index contributed by atoms with van der Waals surface area (Å²) >= 11 is 8.16. The lowest BCUT2D eigenvalue weighted by atomic mass is 9.99. The van der Waals surface area contributed by atoms with Gasteiger partial charge in [0.05, 0.1) is 0 Å². The lowest BCUT2D eigenvalue weighted by Crippen LogP contribution is -2.04. The number of ketones is 1. The third kappa shape index (κ3) is 2.56. The Morgan fingerprint density at radius 1 is 1.05 bits per heavy atom. The van der Waals surface area contributed by atoms with Gasteiger partial charge in [0.2, 0.25) is 0 Å². The summed E-state index contributed by atoms with van der Waals surface area (Å²) in [5, 5.41) is 0.602. The number of hydrogen-bond donors (Lipinski definition) is 0. The fourth-order valence-electron chi connectivity index (χ4n) is 2.54. The fraction of sp³-hybridized carbons (Fsp3) is 0.188. The minimum absolute atomic E-state index is 0.0570. The quantitative estimate of drug-likeness (QED) is 0.545. The Morgan fingerprint density at radius 3 is 2.68 bits per heavy atom. The van der Waals surface area contributed by atoms with Crippen LogP contribution in [-0.2, 0) is 12.8 Å². The largest absolute Gasteiger partial charge is 0.289 e. The highest BCUT2D eigenvalue weighted by atomic mass is 127. The maximum Gasteiger partial charge on any atom is 0.194 e. The van der Waals surface area contributed by atoms with Crippen LogP contribution in [0.15, 0.2) is 36.4 Å². The molecular formula is C16H12ClIO. The van der Waals surface area contributed by atoms with Crippen molar-refractivity contribution in [2.24, 2.45) is 0 Å². The van der Waals surface area contributed by atoms with Crippen LogP contribution in [0.25, 0.3) is 0 Å². The first kappa shape index (κ1) is 13.1. The zero-order valence-electron chi connectivity index (χ0n) is 10.2. The molecule has 0 unspecified atom stereocenters. The van der Waals surface area contributed by atoms with Gasteiger partial charge in [-0.2, -0.15) is 0 Å². The highest BCUT2D eigenvalue weighted by Gasteiger charge is 2.17. The summed E-state index contributed by atoms with van der Waals surface area (Å²) in [4.78, 5) is 12.6. The molecule has 96 valence electrons. The van der Waals surface area contributed by atoms with Crippen molar-refractivity contribution in [1.29, 1.82) is 0 Å². The summed E-state index contributed by atoms with van der Waals surface area (Å²) < 4.78 is 0.937. The highest BCUT2D eigenvalue weighted by Crippen LogP contribution is 2.26. The molecule has 0 bridgehead atoms. The van der Waals surface area contributed by atoms with Gasteiger partial charge in [-0.1, -0.05) is 23.7 Å². The molecule has 2 aromatic carbocycles. The van der Waals surface area contributed by atoms with Crippen LogP contribution in [-0.4, -0.2) is 5.78 Å². The maximum atomic E-state index is 12.6. The van der Waals surface area contributed by atoms with Crippen molar-refractivity contribution >= 4 is 40.0 Å². The van der Waals surface area contributed by atoms with E-state index in [1.165, 1.54) is 17.5 Å². The van der Waals surface area contributed by atoms with Gasteiger partial charge in [0.1, 0.15) is 0 Å². The molecule has 0 atom stereocenters. The Hall–Kier alpha value is -0.870. The van der Waals surface area contributed by atoms with E-state index in [4.69, 9.17) is 11.6 Å². The first-order valence-electron chi connectivity index (χ1n) is 6.27. The molecule has 3 rings (SSSR count). The van der Waals surface area contributed by atoms with Gasteiger partial charge in [0.25, 0.3) is 0 Å². The normalized spacial score (nSPS) is 13.4. The van der Waals surface area contributed by atoms with Gasteiger partial charge in [0.15, 0.2) is 5.78 Å². The summed E-state index contributed by atoms with van der Waals surface area (Å²) in [6.45, 7) is 0. The molecule has 1 nitrogen and oxygen atoms in total. The minimum atomic E-state index is 0.0570. The van der Waals surface area contributed by atoms with Crippen LogP contribution in [0, 0.1) is 3.57 Å². The van der Waals surface area contributed by atoms with Crippen molar-refractivity contribution in [3.8, 4) is 0 Å². The second-order valence-corrected chi connectivity index (χ2v) is 6.39. The summed E-state index contributed by atoms with van der Waals surface area (Å²) in [5.74, 6) is 0.0570. The summed E-state index contributed by atoms with van der Waals surface area (Å²) in [5.41, 5.74) is 4.16. The lowest BCUT2D eigenvalue weighted by molar-refractivity contribution is 0.103. The first-order chi connectivity index (χ1) is 9.15. The summed E-state index contributed by atoms with van der Waals surface area (Å²) in [6, 6.07) is 11.5. The van der Waals surface area contributed by atoms with Crippen molar-refractivity contribution < 1.29 is 4.79 Å².